The number of hydrogen-bond acceptors (Lipinski definition) is 4. The molecule has 2 aromatic carbocycles. The van der Waals surface area contributed by atoms with Crippen molar-refractivity contribution in [2.24, 2.45) is 0 Å². The maximum Gasteiger partial charge on any atom is 0.152 e. The molecule has 0 saturated heterocycles. The van der Waals surface area contributed by atoms with E-state index in [0.29, 0.717) is 5.75 Å². The van der Waals surface area contributed by atoms with Crippen LogP contribution >= 0.6 is 0 Å². The van der Waals surface area contributed by atoms with Gasteiger partial charge in [-0.3, -0.25) is 0 Å². The van der Waals surface area contributed by atoms with E-state index in [1.807, 2.05) is 24.3 Å². The predicted molar refractivity (Wildman–Crippen MR) is 73.7 cm³/mol. The van der Waals surface area contributed by atoms with Crippen molar-refractivity contribution in [3.8, 4) is 11.5 Å². The molecule has 2 N–H and O–H groups in total. The first-order valence-electron chi connectivity index (χ1n) is 6.46. The molecule has 0 bridgehead atoms. The van der Waals surface area contributed by atoms with E-state index in [9.17, 15) is 10.2 Å². The molecular weight excluding hydrogens is 256 g/mol. The van der Waals surface area contributed by atoms with Crippen LogP contribution in [0.1, 0.15) is 23.3 Å². The van der Waals surface area contributed by atoms with Crippen LogP contribution < -0.4 is 4.74 Å². The lowest BCUT2D eigenvalue weighted by molar-refractivity contribution is -0.0869. The number of ether oxygens (including phenoxy) is 2. The van der Waals surface area contributed by atoms with Crippen LogP contribution in [0.25, 0.3) is 0 Å². The summed E-state index contributed by atoms with van der Waals surface area (Å²) >= 11 is 0. The van der Waals surface area contributed by atoms with E-state index in [1.54, 1.807) is 31.4 Å². The summed E-state index contributed by atoms with van der Waals surface area (Å²) in [7, 11) is 1.57. The second-order valence-corrected chi connectivity index (χ2v) is 4.81. The minimum atomic E-state index is -0.806. The van der Waals surface area contributed by atoms with Gasteiger partial charge in [0.1, 0.15) is 23.7 Å². The van der Waals surface area contributed by atoms with Crippen LogP contribution in [0.3, 0.4) is 0 Å². The number of benzene rings is 2. The molecule has 3 unspecified atom stereocenters. The van der Waals surface area contributed by atoms with Crippen LogP contribution in [0, 0.1) is 0 Å². The van der Waals surface area contributed by atoms with Crippen LogP contribution in [0.4, 0.5) is 0 Å². The van der Waals surface area contributed by atoms with Crippen LogP contribution in [-0.2, 0) is 4.74 Å². The van der Waals surface area contributed by atoms with Crippen LogP contribution in [0.15, 0.2) is 48.5 Å². The number of rotatable bonds is 2. The van der Waals surface area contributed by atoms with Crippen molar-refractivity contribution in [1.82, 2.24) is 0 Å². The van der Waals surface area contributed by atoms with Gasteiger partial charge in [0.15, 0.2) is 6.10 Å². The molecule has 3 atom stereocenters. The summed E-state index contributed by atoms with van der Waals surface area (Å²) < 4.78 is 11.3. The fraction of sp³-hybridized carbons (Fsp3) is 0.250. The van der Waals surface area contributed by atoms with Gasteiger partial charge in [0.2, 0.25) is 0 Å². The normalized spacial score (nSPS) is 24.8. The van der Waals surface area contributed by atoms with E-state index >= 15 is 0 Å². The number of aliphatic hydroxyl groups is 1. The number of phenolic OH excluding ortho intramolecular Hbond substituents is 1. The maximum atomic E-state index is 10.5. The predicted octanol–water partition coefficient (Wildman–Crippen LogP) is 2.57. The molecule has 0 fully saturated rings. The third kappa shape index (κ3) is 2.13. The first-order valence-corrected chi connectivity index (χ1v) is 6.46. The summed E-state index contributed by atoms with van der Waals surface area (Å²) in [6, 6.07) is 14.2. The summed E-state index contributed by atoms with van der Waals surface area (Å²) in [6.07, 6.45) is -1.76. The van der Waals surface area contributed by atoms with E-state index in [0.717, 1.165) is 11.1 Å². The van der Waals surface area contributed by atoms with Crippen molar-refractivity contribution >= 4 is 0 Å². The lowest BCUT2D eigenvalue weighted by Gasteiger charge is -2.36. The molecule has 0 aliphatic carbocycles. The lowest BCUT2D eigenvalue weighted by atomic mass is 9.92. The highest BCUT2D eigenvalue weighted by atomic mass is 16.5. The van der Waals surface area contributed by atoms with E-state index < -0.39 is 18.3 Å². The third-order valence-corrected chi connectivity index (χ3v) is 3.58. The summed E-state index contributed by atoms with van der Waals surface area (Å²) in [5.41, 5.74) is 1.64. The van der Waals surface area contributed by atoms with Gasteiger partial charge in [-0.2, -0.15) is 0 Å². The summed E-state index contributed by atoms with van der Waals surface area (Å²) in [4.78, 5) is 0. The molecule has 1 aliphatic heterocycles. The van der Waals surface area contributed by atoms with Crippen molar-refractivity contribution < 1.29 is 19.7 Å². The molecule has 0 saturated carbocycles. The van der Waals surface area contributed by atoms with Crippen LogP contribution in [0.2, 0.25) is 0 Å². The number of aliphatic hydroxyl groups excluding tert-OH is 1. The van der Waals surface area contributed by atoms with Gasteiger partial charge in [-0.05, 0) is 23.8 Å². The molecule has 3 rings (SSSR count). The van der Waals surface area contributed by atoms with E-state index in [2.05, 4.69) is 0 Å². The van der Waals surface area contributed by atoms with Gasteiger partial charge in [0, 0.05) is 12.7 Å². The fourth-order valence-electron chi connectivity index (χ4n) is 2.57. The molecule has 0 amide bonds. The number of aromatic hydroxyl groups is 1. The average Bonchev–Trinajstić information content (AvgIpc) is 2.48. The standard InChI is InChI=1S/C16H16O4/c1-19-16-12-4-2-3-5-13(12)20-15(14(16)18)10-6-8-11(17)9-7-10/h2-9,14-18H,1H3. The van der Waals surface area contributed by atoms with Gasteiger partial charge in [-0.25, -0.2) is 0 Å². The van der Waals surface area contributed by atoms with Crippen molar-refractivity contribution in [2.45, 2.75) is 18.3 Å². The van der Waals surface area contributed by atoms with Crippen molar-refractivity contribution in [2.75, 3.05) is 7.11 Å². The minimum absolute atomic E-state index is 0.183. The quantitative estimate of drug-likeness (QED) is 0.882. The number of methoxy groups -OCH3 is 1. The number of hydrogen-bond donors (Lipinski definition) is 2. The fourth-order valence-corrected chi connectivity index (χ4v) is 2.57. The summed E-state index contributed by atoms with van der Waals surface area (Å²) in [5, 5.41) is 19.8. The molecule has 1 aliphatic rings. The maximum absolute atomic E-state index is 10.5. The van der Waals surface area contributed by atoms with E-state index in [4.69, 9.17) is 9.47 Å². The zero-order valence-electron chi connectivity index (χ0n) is 11.1. The third-order valence-electron chi connectivity index (χ3n) is 3.58. The van der Waals surface area contributed by atoms with Gasteiger partial charge < -0.3 is 19.7 Å². The van der Waals surface area contributed by atoms with Crippen LogP contribution in [-0.4, -0.2) is 23.4 Å². The highest BCUT2D eigenvalue weighted by Gasteiger charge is 2.38. The Balaban J connectivity index is 2.00. The second kappa shape index (κ2) is 5.15. The average molecular weight is 272 g/mol. The van der Waals surface area contributed by atoms with Gasteiger partial charge >= 0.3 is 0 Å². The molecule has 4 heteroatoms. The Morgan fingerprint density at radius 3 is 2.45 bits per heavy atom. The Bertz CT molecular complexity index is 594. The first kappa shape index (κ1) is 13.0. The molecule has 4 nitrogen and oxygen atoms in total. The molecule has 1 heterocycles. The second-order valence-electron chi connectivity index (χ2n) is 4.81. The molecule has 0 aromatic heterocycles. The van der Waals surface area contributed by atoms with Crippen molar-refractivity contribution in [1.29, 1.82) is 0 Å². The Hall–Kier alpha value is -2.04. The molecule has 0 spiro atoms. The molecule has 104 valence electrons. The molecular formula is C16H16O4. The first-order chi connectivity index (χ1) is 9.70. The molecule has 2 aromatic rings. The van der Waals surface area contributed by atoms with Crippen LogP contribution in [0.5, 0.6) is 11.5 Å². The van der Waals surface area contributed by atoms with Crippen molar-refractivity contribution in [3.05, 3.63) is 59.7 Å². The smallest absolute Gasteiger partial charge is 0.152 e. The number of fused-ring (bicyclic) bond motifs is 1. The summed E-state index contributed by atoms with van der Waals surface area (Å²) in [5.74, 6) is 0.894. The van der Waals surface area contributed by atoms with Gasteiger partial charge in [0.25, 0.3) is 0 Å². The minimum Gasteiger partial charge on any atom is -0.508 e. The zero-order valence-corrected chi connectivity index (χ0v) is 11.1. The van der Waals surface area contributed by atoms with Gasteiger partial charge in [-0.1, -0.05) is 30.3 Å². The largest absolute Gasteiger partial charge is 0.508 e. The Labute approximate surface area is 117 Å². The highest BCUT2D eigenvalue weighted by Crippen LogP contribution is 2.42. The summed E-state index contributed by atoms with van der Waals surface area (Å²) in [6.45, 7) is 0. The molecule has 20 heavy (non-hydrogen) atoms. The highest BCUT2D eigenvalue weighted by molar-refractivity contribution is 5.40. The Kier molecular flexibility index (Phi) is 3.34. The topological polar surface area (TPSA) is 58.9 Å². The monoisotopic (exact) mass is 272 g/mol. The zero-order chi connectivity index (χ0) is 14.1. The number of para-hydroxylation sites is 1. The van der Waals surface area contributed by atoms with Crippen molar-refractivity contribution in [3.63, 3.8) is 0 Å². The van der Waals surface area contributed by atoms with E-state index in [-0.39, 0.29) is 5.75 Å². The SMILES string of the molecule is COC1c2ccccc2OC(c2ccc(O)cc2)C1O. The Morgan fingerprint density at radius 1 is 1.05 bits per heavy atom. The lowest BCUT2D eigenvalue weighted by Crippen LogP contribution is -2.35. The number of phenols is 1. The van der Waals surface area contributed by atoms with E-state index in [1.165, 1.54) is 0 Å². The Morgan fingerprint density at radius 2 is 1.75 bits per heavy atom. The van der Waals surface area contributed by atoms with Gasteiger partial charge in [-0.15, -0.1) is 0 Å². The van der Waals surface area contributed by atoms with Gasteiger partial charge in [0.05, 0.1) is 0 Å². The molecule has 0 radical (unpaired) electrons.